The highest BCUT2D eigenvalue weighted by atomic mass is 19.1. The lowest BCUT2D eigenvalue weighted by molar-refractivity contribution is -0.135. The zero-order valence-corrected chi connectivity index (χ0v) is 9.77. The van der Waals surface area contributed by atoms with E-state index in [-0.39, 0.29) is 5.56 Å². The molecule has 0 aliphatic carbocycles. The van der Waals surface area contributed by atoms with Crippen LogP contribution < -0.4 is 11.2 Å². The Morgan fingerprint density at radius 2 is 2.06 bits per heavy atom. The number of hydrogen-bond donors (Lipinski definition) is 1. The van der Waals surface area contributed by atoms with Crippen LogP contribution in [-0.4, -0.2) is 21.4 Å². The third-order valence-corrected chi connectivity index (χ3v) is 2.66. The fraction of sp³-hybridized carbons (Fsp3) is 0.364. The molecular weight excluding hydrogens is 243 g/mol. The van der Waals surface area contributed by atoms with Crippen molar-refractivity contribution in [2.24, 2.45) is 0 Å². The Hall–Kier alpha value is -2.02. The normalized spacial score (nSPS) is 23.9. The molecule has 0 unspecified atom stereocenters. The van der Waals surface area contributed by atoms with E-state index in [1.54, 1.807) is 0 Å². The van der Waals surface area contributed by atoms with Crippen molar-refractivity contribution in [1.82, 2.24) is 9.55 Å². The second-order valence-electron chi connectivity index (χ2n) is 4.03. The van der Waals surface area contributed by atoms with Gasteiger partial charge in [0.25, 0.3) is 5.56 Å². The number of nitrogens with zero attached hydrogens (tertiary/aromatic N) is 1. The molecule has 1 aliphatic rings. The molecule has 0 amide bonds. The molecule has 2 atom stereocenters. The average molecular weight is 254 g/mol. The lowest BCUT2D eigenvalue weighted by Gasteiger charge is -2.24. The average Bonchev–Trinajstić information content (AvgIpc) is 2.30. The van der Waals surface area contributed by atoms with Crippen LogP contribution >= 0.6 is 0 Å². The Bertz CT molecular complexity index is 643. The number of H-pyrrole nitrogens is 1. The molecule has 1 aliphatic heterocycles. The number of ketones is 1. The second kappa shape index (κ2) is 4.34. The van der Waals surface area contributed by atoms with Gasteiger partial charge in [-0.25, -0.2) is 9.18 Å². The van der Waals surface area contributed by atoms with Gasteiger partial charge in [-0.2, -0.15) is 0 Å². The Labute approximate surface area is 101 Å². The van der Waals surface area contributed by atoms with Gasteiger partial charge in [-0.05, 0) is 13.8 Å². The molecule has 1 N–H and O–H groups in total. The maximum absolute atomic E-state index is 13.3. The van der Waals surface area contributed by atoms with E-state index in [1.165, 1.54) is 20.0 Å². The van der Waals surface area contributed by atoms with Crippen LogP contribution in [0.5, 0.6) is 0 Å². The van der Waals surface area contributed by atoms with Gasteiger partial charge in [-0.1, -0.05) is 0 Å². The minimum atomic E-state index is -1.04. The summed E-state index contributed by atoms with van der Waals surface area (Å²) < 4.78 is 19.6. The van der Waals surface area contributed by atoms with Crippen LogP contribution in [0, 0.1) is 6.92 Å². The number of carbonyl (C=O) groups is 1. The van der Waals surface area contributed by atoms with Gasteiger partial charge in [-0.15, -0.1) is 0 Å². The third kappa shape index (κ3) is 2.04. The van der Waals surface area contributed by atoms with Crippen LogP contribution in [0.15, 0.2) is 27.7 Å². The Morgan fingerprint density at radius 1 is 1.39 bits per heavy atom. The van der Waals surface area contributed by atoms with Gasteiger partial charge in [0.05, 0.1) is 0 Å². The number of ether oxygens (including phenoxy) is 1. The van der Waals surface area contributed by atoms with Gasteiger partial charge in [0.15, 0.2) is 12.1 Å². The summed E-state index contributed by atoms with van der Waals surface area (Å²) >= 11 is 0. The van der Waals surface area contributed by atoms with Gasteiger partial charge < -0.3 is 4.74 Å². The van der Waals surface area contributed by atoms with Gasteiger partial charge in [0, 0.05) is 17.8 Å². The van der Waals surface area contributed by atoms with E-state index >= 15 is 0 Å². The first-order chi connectivity index (χ1) is 8.40. The van der Waals surface area contributed by atoms with Crippen molar-refractivity contribution in [3.63, 3.8) is 0 Å². The number of rotatable bonds is 1. The summed E-state index contributed by atoms with van der Waals surface area (Å²) in [7, 11) is 0. The Kier molecular flexibility index (Phi) is 3.00. The Balaban J connectivity index is 2.51. The number of halogens is 1. The highest BCUT2D eigenvalue weighted by Gasteiger charge is 2.29. The van der Waals surface area contributed by atoms with E-state index in [0.717, 1.165) is 10.6 Å². The largest absolute Gasteiger partial charge is 0.343 e. The van der Waals surface area contributed by atoms with Crippen molar-refractivity contribution in [3.05, 3.63) is 44.5 Å². The maximum Gasteiger partial charge on any atom is 0.330 e. The van der Waals surface area contributed by atoms with Crippen molar-refractivity contribution >= 4 is 5.78 Å². The molecule has 6 nitrogen and oxygen atoms in total. The zero-order valence-electron chi connectivity index (χ0n) is 9.77. The van der Waals surface area contributed by atoms with E-state index < -0.39 is 35.2 Å². The first-order valence-corrected chi connectivity index (χ1v) is 5.29. The number of Topliss-reactive ketones (excluding diaryl/α,β-unsaturated/α-hetero) is 1. The van der Waals surface area contributed by atoms with Crippen molar-refractivity contribution in [1.29, 1.82) is 0 Å². The van der Waals surface area contributed by atoms with Crippen LogP contribution in [0.2, 0.25) is 0 Å². The van der Waals surface area contributed by atoms with Gasteiger partial charge in [-0.3, -0.25) is 19.1 Å². The predicted octanol–water partition coefficient (Wildman–Crippen LogP) is 0.185. The molecule has 7 heteroatoms. The van der Waals surface area contributed by atoms with Gasteiger partial charge in [0.2, 0.25) is 5.78 Å². The molecule has 2 heterocycles. The van der Waals surface area contributed by atoms with E-state index in [9.17, 15) is 18.8 Å². The lowest BCUT2D eigenvalue weighted by atomic mass is 10.1. The monoisotopic (exact) mass is 254 g/mol. The summed E-state index contributed by atoms with van der Waals surface area (Å²) in [5.41, 5.74) is -0.946. The molecule has 1 aromatic heterocycles. The summed E-state index contributed by atoms with van der Waals surface area (Å²) in [6.07, 6.45) is 0.152. The summed E-state index contributed by atoms with van der Waals surface area (Å²) in [6.45, 7) is 2.90. The predicted molar refractivity (Wildman–Crippen MR) is 59.8 cm³/mol. The van der Waals surface area contributed by atoms with Crippen LogP contribution in [-0.2, 0) is 9.53 Å². The number of carbonyl (C=O) groups excluding carboxylic acids is 1. The van der Waals surface area contributed by atoms with E-state index in [0.29, 0.717) is 0 Å². The fourth-order valence-corrected chi connectivity index (χ4v) is 1.63. The van der Waals surface area contributed by atoms with Crippen LogP contribution in [0.3, 0.4) is 0 Å². The standard InChI is InChI=1S/C11H11FN2O4/c1-5-4-14(11(17)13-10(5)16)8-3-7(12)9(15)6(2)18-8/h3-4,6,8H,1-2H3,(H,13,16,17)/t6-,8-/m1/s1. The van der Waals surface area contributed by atoms with E-state index in [1.807, 2.05) is 0 Å². The molecule has 18 heavy (non-hydrogen) atoms. The maximum atomic E-state index is 13.3. The Morgan fingerprint density at radius 3 is 2.67 bits per heavy atom. The number of hydrogen-bond acceptors (Lipinski definition) is 4. The molecule has 1 aromatic rings. The molecule has 0 radical (unpaired) electrons. The summed E-state index contributed by atoms with van der Waals surface area (Å²) in [5, 5.41) is 0. The van der Waals surface area contributed by atoms with Crippen LogP contribution in [0.25, 0.3) is 0 Å². The summed E-state index contributed by atoms with van der Waals surface area (Å²) in [6, 6.07) is 0. The molecule has 0 fully saturated rings. The molecule has 96 valence electrons. The first-order valence-electron chi connectivity index (χ1n) is 5.29. The highest BCUT2D eigenvalue weighted by Crippen LogP contribution is 2.22. The number of nitrogens with one attached hydrogen (secondary N) is 1. The SMILES string of the molecule is Cc1cn([C@H]2C=C(F)C(=O)[C@@H](C)O2)c(=O)[nH]c1=O. The van der Waals surface area contributed by atoms with E-state index in [4.69, 9.17) is 4.74 Å². The van der Waals surface area contributed by atoms with Crippen LogP contribution in [0.1, 0.15) is 18.7 Å². The quantitative estimate of drug-likeness (QED) is 0.775. The molecule has 2 rings (SSSR count). The van der Waals surface area contributed by atoms with Crippen molar-refractivity contribution < 1.29 is 13.9 Å². The number of aryl methyl sites for hydroxylation is 1. The second-order valence-corrected chi connectivity index (χ2v) is 4.03. The van der Waals surface area contributed by atoms with Gasteiger partial charge >= 0.3 is 5.69 Å². The summed E-state index contributed by atoms with van der Waals surface area (Å²) in [5.74, 6) is -1.71. The third-order valence-electron chi connectivity index (χ3n) is 2.66. The van der Waals surface area contributed by atoms with Crippen molar-refractivity contribution in [2.75, 3.05) is 0 Å². The molecule has 0 saturated heterocycles. The fourth-order valence-electron chi connectivity index (χ4n) is 1.63. The topological polar surface area (TPSA) is 81.2 Å². The molecule has 0 aromatic carbocycles. The van der Waals surface area contributed by atoms with E-state index in [2.05, 4.69) is 4.98 Å². The lowest BCUT2D eigenvalue weighted by Crippen LogP contribution is -2.38. The molecule has 0 bridgehead atoms. The molecule has 0 saturated carbocycles. The first kappa shape index (κ1) is 12.4. The number of aromatic amines is 1. The highest BCUT2D eigenvalue weighted by molar-refractivity contribution is 5.97. The smallest absolute Gasteiger partial charge is 0.330 e. The van der Waals surface area contributed by atoms with Crippen molar-refractivity contribution in [2.45, 2.75) is 26.2 Å². The number of aromatic nitrogens is 2. The van der Waals surface area contributed by atoms with Gasteiger partial charge in [0.1, 0.15) is 6.10 Å². The molecule has 0 spiro atoms. The minimum absolute atomic E-state index is 0.288. The zero-order chi connectivity index (χ0) is 13.4. The minimum Gasteiger partial charge on any atom is -0.343 e. The molecular formula is C11H11FN2O4. The van der Waals surface area contributed by atoms with Crippen molar-refractivity contribution in [3.8, 4) is 0 Å². The van der Waals surface area contributed by atoms with Crippen LogP contribution in [0.4, 0.5) is 4.39 Å². The summed E-state index contributed by atoms with van der Waals surface area (Å²) in [4.78, 5) is 36.1.